The van der Waals surface area contributed by atoms with Crippen molar-refractivity contribution >= 4 is 17.2 Å². The molecule has 0 unspecified atom stereocenters. The van der Waals surface area contributed by atoms with Gasteiger partial charge in [0.05, 0.1) is 6.54 Å². The van der Waals surface area contributed by atoms with E-state index in [9.17, 15) is 4.79 Å². The summed E-state index contributed by atoms with van der Waals surface area (Å²) >= 11 is 1.73. The van der Waals surface area contributed by atoms with E-state index < -0.39 is 0 Å². The normalized spacial score (nSPS) is 29.1. The summed E-state index contributed by atoms with van der Waals surface area (Å²) in [7, 11) is 1.99. The molecule has 0 radical (unpaired) electrons. The van der Waals surface area contributed by atoms with E-state index >= 15 is 0 Å². The fourth-order valence-corrected chi connectivity index (χ4v) is 4.10. The molecule has 1 aromatic rings. The number of carbonyl (C=O) groups excluding carboxylic acids is 1. The monoisotopic (exact) mass is 279 g/mol. The molecule has 2 saturated heterocycles. The number of nitrogens with zero attached hydrogens (tertiary/aromatic N) is 3. The van der Waals surface area contributed by atoms with Crippen LogP contribution in [0.1, 0.15) is 37.1 Å². The zero-order chi connectivity index (χ0) is 13.3. The first-order valence-electron chi connectivity index (χ1n) is 7.07. The maximum Gasteiger partial charge on any atom is 0.222 e. The second-order valence-electron chi connectivity index (χ2n) is 5.73. The first-order chi connectivity index (χ1) is 9.20. The van der Waals surface area contributed by atoms with Crippen molar-refractivity contribution in [2.75, 3.05) is 20.1 Å². The molecule has 2 fully saturated rings. The van der Waals surface area contributed by atoms with Crippen LogP contribution in [-0.2, 0) is 11.3 Å². The van der Waals surface area contributed by atoms with E-state index in [1.165, 1.54) is 11.4 Å². The number of thiazole rings is 1. The van der Waals surface area contributed by atoms with Crippen molar-refractivity contribution < 1.29 is 4.79 Å². The van der Waals surface area contributed by atoms with Gasteiger partial charge < -0.3 is 4.90 Å². The highest BCUT2D eigenvalue weighted by atomic mass is 32.1. The van der Waals surface area contributed by atoms with Crippen LogP contribution in [0, 0.1) is 0 Å². The van der Waals surface area contributed by atoms with E-state index in [1.54, 1.807) is 11.3 Å². The van der Waals surface area contributed by atoms with Crippen molar-refractivity contribution in [1.29, 1.82) is 0 Å². The summed E-state index contributed by atoms with van der Waals surface area (Å²) in [6.07, 6.45) is 7.12. The molecule has 2 aliphatic heterocycles. The topological polar surface area (TPSA) is 36.4 Å². The van der Waals surface area contributed by atoms with Gasteiger partial charge in [0.15, 0.2) is 0 Å². The Bertz CT molecular complexity index is 448. The first-order valence-corrected chi connectivity index (χ1v) is 7.95. The molecule has 19 heavy (non-hydrogen) atoms. The molecule has 2 aliphatic rings. The Balaban J connectivity index is 1.64. The van der Waals surface area contributed by atoms with Gasteiger partial charge in [-0.05, 0) is 32.2 Å². The van der Waals surface area contributed by atoms with Crippen molar-refractivity contribution in [1.82, 2.24) is 14.8 Å². The van der Waals surface area contributed by atoms with E-state index in [2.05, 4.69) is 9.88 Å². The molecule has 1 atom stereocenters. The van der Waals surface area contributed by atoms with E-state index in [0.29, 0.717) is 5.91 Å². The maximum atomic E-state index is 11.8. The lowest BCUT2D eigenvalue weighted by Crippen LogP contribution is -2.43. The zero-order valence-corrected chi connectivity index (χ0v) is 12.3. The van der Waals surface area contributed by atoms with Crippen molar-refractivity contribution in [2.45, 2.75) is 44.2 Å². The average molecular weight is 279 g/mol. The van der Waals surface area contributed by atoms with Crippen molar-refractivity contribution in [3.05, 3.63) is 16.6 Å². The van der Waals surface area contributed by atoms with Crippen LogP contribution < -0.4 is 0 Å². The standard InChI is InChI=1S/C14H21N3OS/c1-16-13(18)3-5-14(16)4-2-8-17(9-6-14)11-12-15-7-10-19-12/h7,10H,2-6,8-9,11H2,1H3/t14-/m1/s1. The highest BCUT2D eigenvalue weighted by Crippen LogP contribution is 2.38. The molecule has 0 bridgehead atoms. The third kappa shape index (κ3) is 2.54. The van der Waals surface area contributed by atoms with E-state index in [-0.39, 0.29) is 5.54 Å². The van der Waals surface area contributed by atoms with Gasteiger partial charge in [-0.25, -0.2) is 4.98 Å². The maximum absolute atomic E-state index is 11.8. The first kappa shape index (κ1) is 13.1. The third-order valence-electron chi connectivity index (χ3n) is 4.74. The van der Waals surface area contributed by atoms with E-state index in [4.69, 9.17) is 0 Å². The summed E-state index contributed by atoms with van der Waals surface area (Å²) in [6.45, 7) is 3.17. The van der Waals surface area contributed by atoms with Crippen LogP contribution in [0.4, 0.5) is 0 Å². The molecule has 1 amide bonds. The fourth-order valence-electron chi connectivity index (χ4n) is 3.44. The van der Waals surface area contributed by atoms with Crippen molar-refractivity contribution in [2.24, 2.45) is 0 Å². The third-order valence-corrected chi connectivity index (χ3v) is 5.51. The minimum Gasteiger partial charge on any atom is -0.340 e. The predicted molar refractivity (Wildman–Crippen MR) is 76.0 cm³/mol. The summed E-state index contributed by atoms with van der Waals surface area (Å²) in [5.41, 5.74) is 0.148. The number of amides is 1. The number of hydrogen-bond donors (Lipinski definition) is 0. The van der Waals surface area contributed by atoms with Gasteiger partial charge in [0.1, 0.15) is 5.01 Å². The molecule has 3 rings (SSSR count). The van der Waals surface area contributed by atoms with Gasteiger partial charge in [0, 0.05) is 37.1 Å². The summed E-state index contributed by atoms with van der Waals surface area (Å²) in [5, 5.41) is 3.24. The van der Waals surface area contributed by atoms with Gasteiger partial charge in [-0.15, -0.1) is 11.3 Å². The SMILES string of the molecule is CN1C(=O)CC[C@@]12CCCN(Cc1nccs1)CC2. The van der Waals surface area contributed by atoms with Crippen LogP contribution in [0.15, 0.2) is 11.6 Å². The van der Waals surface area contributed by atoms with Crippen molar-refractivity contribution in [3.63, 3.8) is 0 Å². The van der Waals surface area contributed by atoms with E-state index in [0.717, 1.165) is 45.3 Å². The molecule has 1 spiro atoms. The molecule has 1 aromatic heterocycles. The van der Waals surface area contributed by atoms with Crippen LogP contribution in [0.3, 0.4) is 0 Å². The number of aromatic nitrogens is 1. The zero-order valence-electron chi connectivity index (χ0n) is 11.5. The lowest BCUT2D eigenvalue weighted by Gasteiger charge is -2.35. The highest BCUT2D eigenvalue weighted by molar-refractivity contribution is 7.09. The van der Waals surface area contributed by atoms with E-state index in [1.807, 2.05) is 23.5 Å². The van der Waals surface area contributed by atoms with Crippen LogP contribution in [0.25, 0.3) is 0 Å². The second-order valence-corrected chi connectivity index (χ2v) is 6.71. The predicted octanol–water partition coefficient (Wildman–Crippen LogP) is 2.12. The fraction of sp³-hybridized carbons (Fsp3) is 0.714. The molecule has 0 N–H and O–H groups in total. The average Bonchev–Trinajstić information content (AvgIpc) is 2.93. The van der Waals surface area contributed by atoms with Crippen LogP contribution in [0.5, 0.6) is 0 Å². The lowest BCUT2D eigenvalue weighted by atomic mass is 9.88. The molecular formula is C14H21N3OS. The molecular weight excluding hydrogens is 258 g/mol. The molecule has 5 heteroatoms. The number of likely N-dealkylation sites (tertiary alicyclic amines) is 2. The van der Waals surface area contributed by atoms with Gasteiger partial charge in [-0.2, -0.15) is 0 Å². The number of hydrogen-bond acceptors (Lipinski definition) is 4. The van der Waals surface area contributed by atoms with Gasteiger partial charge >= 0.3 is 0 Å². The molecule has 3 heterocycles. The molecule has 4 nitrogen and oxygen atoms in total. The Morgan fingerprint density at radius 2 is 2.26 bits per heavy atom. The van der Waals surface area contributed by atoms with Crippen LogP contribution in [0.2, 0.25) is 0 Å². The number of rotatable bonds is 2. The molecule has 104 valence electrons. The number of carbonyl (C=O) groups is 1. The Kier molecular flexibility index (Phi) is 3.58. The summed E-state index contributed by atoms with van der Waals surface area (Å²) in [4.78, 5) is 20.7. The second kappa shape index (κ2) is 5.21. The lowest BCUT2D eigenvalue weighted by molar-refractivity contribution is -0.129. The van der Waals surface area contributed by atoms with Crippen LogP contribution in [-0.4, -0.2) is 46.4 Å². The minimum absolute atomic E-state index is 0.148. The van der Waals surface area contributed by atoms with Gasteiger partial charge in [0.25, 0.3) is 0 Å². The van der Waals surface area contributed by atoms with Crippen LogP contribution >= 0.6 is 11.3 Å². The molecule has 0 saturated carbocycles. The Morgan fingerprint density at radius 1 is 1.37 bits per heavy atom. The minimum atomic E-state index is 0.148. The summed E-state index contributed by atoms with van der Waals surface area (Å²) in [6, 6.07) is 0. The van der Waals surface area contributed by atoms with Crippen molar-refractivity contribution in [3.8, 4) is 0 Å². The molecule has 0 aromatic carbocycles. The Hall–Kier alpha value is -0.940. The summed E-state index contributed by atoms with van der Waals surface area (Å²) < 4.78 is 0. The van der Waals surface area contributed by atoms with Gasteiger partial charge in [0.2, 0.25) is 5.91 Å². The van der Waals surface area contributed by atoms with Gasteiger partial charge in [-0.1, -0.05) is 0 Å². The molecule has 0 aliphatic carbocycles. The van der Waals surface area contributed by atoms with Gasteiger partial charge in [-0.3, -0.25) is 9.69 Å². The largest absolute Gasteiger partial charge is 0.340 e. The Morgan fingerprint density at radius 3 is 2.95 bits per heavy atom. The highest BCUT2D eigenvalue weighted by Gasteiger charge is 2.43. The smallest absolute Gasteiger partial charge is 0.222 e. The summed E-state index contributed by atoms with van der Waals surface area (Å²) in [5.74, 6) is 0.327. The quantitative estimate of drug-likeness (QED) is 0.832. The Labute approximate surface area is 118 Å².